The van der Waals surface area contributed by atoms with E-state index in [1.807, 2.05) is 0 Å². The molecule has 0 unspecified atom stereocenters. The van der Waals surface area contributed by atoms with Gasteiger partial charge in [0.05, 0.1) is 15.5 Å². The van der Waals surface area contributed by atoms with E-state index in [0.717, 1.165) is 10.6 Å². The highest BCUT2D eigenvalue weighted by molar-refractivity contribution is 5.91. The zero-order chi connectivity index (χ0) is 18.7. The molecule has 0 aliphatic rings. The summed E-state index contributed by atoms with van der Waals surface area (Å²) in [6.45, 7) is 2.75. The van der Waals surface area contributed by atoms with Crippen LogP contribution in [0.15, 0.2) is 35.1 Å². The van der Waals surface area contributed by atoms with Crippen LogP contribution in [0.3, 0.4) is 0 Å². The summed E-state index contributed by atoms with van der Waals surface area (Å²) >= 11 is 0. The summed E-state index contributed by atoms with van der Waals surface area (Å²) in [5, 5.41) is 24.1. The molecule has 0 spiro atoms. The smallest absolute Gasteiger partial charge is 0.324 e. The lowest BCUT2D eigenvalue weighted by Crippen LogP contribution is -2.30. The Hall–Kier alpha value is -3.56. The Labute approximate surface area is 141 Å². The molecule has 1 N–H and O–H groups in total. The predicted octanol–water partition coefficient (Wildman–Crippen LogP) is 1.92. The molecule has 0 fully saturated rings. The molecule has 0 bridgehead atoms. The SMILES string of the molecule is Cc1ccc([N+](=O)[O-])cc1NC(=O)Cn1c(C)ccc([N+](=O)[O-])c1=O. The lowest BCUT2D eigenvalue weighted by atomic mass is 10.2. The van der Waals surface area contributed by atoms with Gasteiger partial charge in [-0.2, -0.15) is 0 Å². The molecule has 0 radical (unpaired) electrons. The summed E-state index contributed by atoms with van der Waals surface area (Å²) in [7, 11) is 0. The van der Waals surface area contributed by atoms with Gasteiger partial charge in [-0.1, -0.05) is 6.07 Å². The Kier molecular flexibility index (Phi) is 4.92. The Morgan fingerprint density at radius 2 is 1.80 bits per heavy atom. The second-order valence-electron chi connectivity index (χ2n) is 5.31. The molecule has 1 heterocycles. The highest BCUT2D eigenvalue weighted by atomic mass is 16.6. The molecule has 1 aromatic carbocycles. The van der Waals surface area contributed by atoms with Crippen LogP contribution in [0.4, 0.5) is 17.1 Å². The summed E-state index contributed by atoms with van der Waals surface area (Å²) in [5.74, 6) is -0.630. The number of rotatable bonds is 5. The number of nitro benzene ring substituents is 1. The molecule has 2 rings (SSSR count). The van der Waals surface area contributed by atoms with Crippen molar-refractivity contribution in [3.63, 3.8) is 0 Å². The molecule has 0 aliphatic carbocycles. The minimum absolute atomic E-state index is 0.190. The highest BCUT2D eigenvalue weighted by Crippen LogP contribution is 2.21. The third-order valence-electron chi connectivity index (χ3n) is 3.58. The normalized spacial score (nSPS) is 10.3. The monoisotopic (exact) mass is 346 g/mol. The number of hydrogen-bond acceptors (Lipinski definition) is 6. The zero-order valence-electron chi connectivity index (χ0n) is 13.4. The van der Waals surface area contributed by atoms with Crippen LogP contribution in [0.5, 0.6) is 0 Å². The summed E-state index contributed by atoms with van der Waals surface area (Å²) in [4.78, 5) is 44.5. The van der Waals surface area contributed by atoms with E-state index in [2.05, 4.69) is 5.32 Å². The number of benzene rings is 1. The van der Waals surface area contributed by atoms with E-state index in [4.69, 9.17) is 0 Å². The summed E-state index contributed by atoms with van der Waals surface area (Å²) in [6, 6.07) is 6.44. The molecular weight excluding hydrogens is 332 g/mol. The maximum atomic E-state index is 12.2. The Balaban J connectivity index is 2.29. The predicted molar refractivity (Wildman–Crippen MR) is 88.6 cm³/mol. The number of pyridine rings is 1. The maximum absolute atomic E-state index is 12.2. The molecule has 1 amide bonds. The van der Waals surface area contributed by atoms with E-state index in [-0.39, 0.29) is 11.4 Å². The molecule has 25 heavy (non-hydrogen) atoms. The molecule has 0 saturated heterocycles. The Bertz CT molecular complexity index is 934. The molecule has 0 saturated carbocycles. The quantitative estimate of drug-likeness (QED) is 0.648. The van der Waals surface area contributed by atoms with E-state index in [1.54, 1.807) is 6.92 Å². The van der Waals surface area contributed by atoms with Crippen molar-refractivity contribution >= 4 is 23.0 Å². The van der Waals surface area contributed by atoms with Crippen LogP contribution in [0.25, 0.3) is 0 Å². The van der Waals surface area contributed by atoms with Gasteiger partial charge in [-0.3, -0.25) is 34.4 Å². The number of carbonyl (C=O) groups excluding carboxylic acids is 1. The molecular formula is C15H14N4O6. The number of nitrogens with zero attached hydrogens (tertiary/aromatic N) is 3. The first kappa shape index (κ1) is 17.8. The number of anilines is 1. The van der Waals surface area contributed by atoms with E-state index in [1.165, 1.54) is 31.2 Å². The van der Waals surface area contributed by atoms with Gasteiger partial charge in [0.15, 0.2) is 0 Å². The molecule has 10 heteroatoms. The van der Waals surface area contributed by atoms with Crippen LogP contribution >= 0.6 is 0 Å². The second-order valence-corrected chi connectivity index (χ2v) is 5.31. The number of aromatic nitrogens is 1. The van der Waals surface area contributed by atoms with Crippen LogP contribution in [0.2, 0.25) is 0 Å². The number of nitro groups is 2. The van der Waals surface area contributed by atoms with Crippen molar-refractivity contribution in [1.82, 2.24) is 4.57 Å². The van der Waals surface area contributed by atoms with Gasteiger partial charge in [0.1, 0.15) is 6.54 Å². The van der Waals surface area contributed by atoms with E-state index in [0.29, 0.717) is 11.3 Å². The van der Waals surface area contributed by atoms with Crippen molar-refractivity contribution in [2.75, 3.05) is 5.32 Å². The average Bonchev–Trinajstić information content (AvgIpc) is 2.52. The van der Waals surface area contributed by atoms with Crippen molar-refractivity contribution < 1.29 is 14.6 Å². The van der Waals surface area contributed by atoms with Crippen molar-refractivity contribution in [1.29, 1.82) is 0 Å². The molecule has 0 aliphatic heterocycles. The minimum atomic E-state index is -0.893. The van der Waals surface area contributed by atoms with Gasteiger partial charge < -0.3 is 5.32 Å². The Morgan fingerprint density at radius 3 is 2.40 bits per heavy atom. The van der Waals surface area contributed by atoms with Crippen LogP contribution < -0.4 is 10.9 Å². The number of aryl methyl sites for hydroxylation is 2. The van der Waals surface area contributed by atoms with Gasteiger partial charge >= 0.3 is 11.2 Å². The molecule has 0 atom stereocenters. The van der Waals surface area contributed by atoms with Gasteiger partial charge in [-0.05, 0) is 25.5 Å². The number of non-ortho nitro benzene ring substituents is 1. The van der Waals surface area contributed by atoms with E-state index in [9.17, 15) is 29.8 Å². The highest BCUT2D eigenvalue weighted by Gasteiger charge is 2.18. The topological polar surface area (TPSA) is 137 Å². The largest absolute Gasteiger partial charge is 0.334 e. The standard InChI is InChI=1S/C15H14N4O6/c1-9-3-5-11(18(22)23)7-12(9)16-14(20)8-17-10(2)4-6-13(15(17)21)19(24)25/h3-7H,8H2,1-2H3,(H,16,20). The number of hydrogen-bond donors (Lipinski definition) is 1. The fourth-order valence-electron chi connectivity index (χ4n) is 2.19. The third kappa shape index (κ3) is 3.86. The molecule has 10 nitrogen and oxygen atoms in total. The maximum Gasteiger partial charge on any atom is 0.334 e. The first-order chi connectivity index (χ1) is 11.7. The molecule has 130 valence electrons. The first-order valence-corrected chi connectivity index (χ1v) is 7.10. The van der Waals surface area contributed by atoms with Crippen LogP contribution in [-0.2, 0) is 11.3 Å². The number of amides is 1. The zero-order valence-corrected chi connectivity index (χ0v) is 13.4. The Morgan fingerprint density at radius 1 is 1.12 bits per heavy atom. The van der Waals surface area contributed by atoms with Crippen molar-refractivity contribution in [2.24, 2.45) is 0 Å². The minimum Gasteiger partial charge on any atom is -0.324 e. The molecule has 2 aromatic rings. The van der Waals surface area contributed by atoms with E-state index < -0.39 is 33.5 Å². The van der Waals surface area contributed by atoms with Crippen molar-refractivity contribution in [2.45, 2.75) is 20.4 Å². The summed E-state index contributed by atoms with van der Waals surface area (Å²) in [5.41, 5.74) is -0.510. The van der Waals surface area contributed by atoms with Gasteiger partial charge in [0, 0.05) is 23.9 Å². The van der Waals surface area contributed by atoms with Crippen LogP contribution in [-0.4, -0.2) is 20.3 Å². The van der Waals surface area contributed by atoms with Gasteiger partial charge in [0.25, 0.3) is 5.69 Å². The van der Waals surface area contributed by atoms with Crippen LogP contribution in [0.1, 0.15) is 11.3 Å². The van der Waals surface area contributed by atoms with Crippen molar-refractivity contribution in [3.8, 4) is 0 Å². The van der Waals surface area contributed by atoms with Gasteiger partial charge in [0.2, 0.25) is 5.91 Å². The van der Waals surface area contributed by atoms with Crippen molar-refractivity contribution in [3.05, 3.63) is 72.2 Å². The van der Waals surface area contributed by atoms with Gasteiger partial charge in [-0.15, -0.1) is 0 Å². The van der Waals surface area contributed by atoms with Crippen LogP contribution in [0, 0.1) is 34.1 Å². The van der Waals surface area contributed by atoms with E-state index >= 15 is 0 Å². The summed E-state index contributed by atoms with van der Waals surface area (Å²) < 4.78 is 0.972. The third-order valence-corrected chi connectivity index (χ3v) is 3.58. The number of carbonyl (C=O) groups is 1. The van der Waals surface area contributed by atoms with Gasteiger partial charge in [-0.25, -0.2) is 0 Å². The summed E-state index contributed by atoms with van der Waals surface area (Å²) in [6.07, 6.45) is 0. The lowest BCUT2D eigenvalue weighted by Gasteiger charge is -2.11. The molecule has 1 aromatic heterocycles. The fourth-order valence-corrected chi connectivity index (χ4v) is 2.19. The fraction of sp³-hybridized carbons (Fsp3) is 0.200. The lowest BCUT2D eigenvalue weighted by molar-refractivity contribution is -0.386. The number of nitrogens with one attached hydrogen (secondary N) is 1. The first-order valence-electron chi connectivity index (χ1n) is 7.10. The second kappa shape index (κ2) is 6.91. The average molecular weight is 346 g/mol.